The monoisotopic (exact) mass is 380 g/mol. The lowest BCUT2D eigenvalue weighted by molar-refractivity contribution is 0.102. The molecule has 0 saturated carbocycles. The Morgan fingerprint density at radius 3 is 2.17 bits per heavy atom. The molecule has 0 aliphatic heterocycles. The van der Waals surface area contributed by atoms with Crippen LogP contribution in [0, 0.1) is 27.7 Å². The van der Waals surface area contributed by atoms with Gasteiger partial charge >= 0.3 is 0 Å². The number of carbonyl (C=O) groups is 1. The van der Waals surface area contributed by atoms with Crippen molar-refractivity contribution in [3.05, 3.63) is 94.5 Å². The van der Waals surface area contributed by atoms with E-state index in [4.69, 9.17) is 4.98 Å². The van der Waals surface area contributed by atoms with Crippen LogP contribution in [0.3, 0.4) is 0 Å². The van der Waals surface area contributed by atoms with Crippen LogP contribution in [0.2, 0.25) is 0 Å². The number of pyridine rings is 1. The van der Waals surface area contributed by atoms with E-state index in [2.05, 4.69) is 11.4 Å². The zero-order chi connectivity index (χ0) is 20.5. The van der Waals surface area contributed by atoms with Crippen LogP contribution in [0.5, 0.6) is 0 Å². The largest absolute Gasteiger partial charge is 0.321 e. The molecule has 4 aromatic rings. The molecule has 0 bridgehead atoms. The van der Waals surface area contributed by atoms with Crippen LogP contribution in [-0.4, -0.2) is 10.9 Å². The molecule has 0 unspecified atom stereocenters. The second-order valence-electron chi connectivity index (χ2n) is 7.62. The number of aryl methyl sites for hydroxylation is 4. The van der Waals surface area contributed by atoms with Gasteiger partial charge in [-0.2, -0.15) is 0 Å². The van der Waals surface area contributed by atoms with Gasteiger partial charge in [0.25, 0.3) is 5.91 Å². The predicted molar refractivity (Wildman–Crippen MR) is 121 cm³/mol. The van der Waals surface area contributed by atoms with Gasteiger partial charge in [-0.15, -0.1) is 0 Å². The molecule has 4 rings (SSSR count). The lowest BCUT2D eigenvalue weighted by Crippen LogP contribution is -2.15. The molecule has 3 aromatic carbocycles. The highest BCUT2D eigenvalue weighted by Crippen LogP contribution is 2.29. The minimum Gasteiger partial charge on any atom is -0.321 e. The summed E-state index contributed by atoms with van der Waals surface area (Å²) in [5.41, 5.74) is 8.45. The molecule has 29 heavy (non-hydrogen) atoms. The number of nitrogens with one attached hydrogen (secondary N) is 1. The number of fused-ring (bicyclic) bond motifs is 1. The van der Waals surface area contributed by atoms with Crippen molar-refractivity contribution in [2.75, 3.05) is 5.32 Å². The first kappa shape index (κ1) is 18.9. The maximum absolute atomic E-state index is 13.4. The summed E-state index contributed by atoms with van der Waals surface area (Å²) in [5.74, 6) is -0.114. The zero-order valence-electron chi connectivity index (χ0n) is 17.2. The van der Waals surface area contributed by atoms with Gasteiger partial charge in [-0.1, -0.05) is 60.2 Å². The second kappa shape index (κ2) is 7.51. The lowest BCUT2D eigenvalue weighted by atomic mass is 9.99. The van der Waals surface area contributed by atoms with Crippen molar-refractivity contribution in [2.24, 2.45) is 0 Å². The molecule has 3 heteroatoms. The quantitative estimate of drug-likeness (QED) is 0.447. The van der Waals surface area contributed by atoms with E-state index < -0.39 is 0 Å². The number of nitrogens with zero attached hydrogens (tertiary/aromatic N) is 1. The van der Waals surface area contributed by atoms with E-state index >= 15 is 0 Å². The van der Waals surface area contributed by atoms with Gasteiger partial charge in [-0.3, -0.25) is 4.79 Å². The Morgan fingerprint density at radius 2 is 1.48 bits per heavy atom. The highest BCUT2D eigenvalue weighted by atomic mass is 16.1. The number of hydrogen-bond acceptors (Lipinski definition) is 2. The number of aromatic nitrogens is 1. The number of carbonyl (C=O) groups excluding carboxylic acids is 1. The van der Waals surface area contributed by atoms with Crippen LogP contribution in [0.4, 0.5) is 5.69 Å². The van der Waals surface area contributed by atoms with Crippen molar-refractivity contribution in [1.82, 2.24) is 4.98 Å². The van der Waals surface area contributed by atoms with E-state index in [0.29, 0.717) is 5.56 Å². The Kier molecular flexibility index (Phi) is 4.89. The van der Waals surface area contributed by atoms with Gasteiger partial charge in [-0.05, 0) is 56.5 Å². The van der Waals surface area contributed by atoms with Crippen LogP contribution in [0.25, 0.3) is 22.2 Å². The minimum absolute atomic E-state index is 0.114. The molecule has 0 saturated heterocycles. The van der Waals surface area contributed by atoms with E-state index in [-0.39, 0.29) is 5.91 Å². The normalized spacial score (nSPS) is 10.9. The van der Waals surface area contributed by atoms with Gasteiger partial charge in [0, 0.05) is 16.6 Å². The molecule has 0 radical (unpaired) electrons. The molecule has 0 fully saturated rings. The van der Waals surface area contributed by atoms with Crippen LogP contribution < -0.4 is 5.32 Å². The Hall–Kier alpha value is -3.46. The fourth-order valence-electron chi connectivity index (χ4n) is 3.82. The van der Waals surface area contributed by atoms with Gasteiger partial charge in [0.15, 0.2) is 0 Å². The maximum Gasteiger partial charge on any atom is 0.256 e. The number of hydrogen-bond donors (Lipinski definition) is 1. The van der Waals surface area contributed by atoms with Gasteiger partial charge in [0.2, 0.25) is 0 Å². The number of para-hydroxylation sites is 1. The summed E-state index contributed by atoms with van der Waals surface area (Å²) >= 11 is 0. The Morgan fingerprint density at radius 1 is 0.793 bits per heavy atom. The first-order valence-electron chi connectivity index (χ1n) is 9.79. The molecule has 144 valence electrons. The fourth-order valence-corrected chi connectivity index (χ4v) is 3.82. The number of benzene rings is 3. The molecule has 0 spiro atoms. The topological polar surface area (TPSA) is 42.0 Å². The van der Waals surface area contributed by atoms with Gasteiger partial charge in [0.1, 0.15) is 0 Å². The summed E-state index contributed by atoms with van der Waals surface area (Å²) in [4.78, 5) is 18.3. The molecule has 1 N–H and O–H groups in total. The molecule has 1 amide bonds. The first-order chi connectivity index (χ1) is 13.9. The zero-order valence-corrected chi connectivity index (χ0v) is 17.2. The third-order valence-electron chi connectivity index (χ3n) is 5.28. The molecule has 1 aromatic heterocycles. The number of amides is 1. The number of rotatable bonds is 3. The van der Waals surface area contributed by atoms with Crippen molar-refractivity contribution in [3.63, 3.8) is 0 Å². The minimum atomic E-state index is -0.114. The molecular formula is C26H24N2O. The van der Waals surface area contributed by atoms with Crippen molar-refractivity contribution in [2.45, 2.75) is 27.7 Å². The lowest BCUT2D eigenvalue weighted by Gasteiger charge is -2.15. The highest BCUT2D eigenvalue weighted by Gasteiger charge is 2.17. The van der Waals surface area contributed by atoms with E-state index in [0.717, 1.165) is 50.1 Å². The maximum atomic E-state index is 13.4. The van der Waals surface area contributed by atoms with Gasteiger partial charge in [-0.25, -0.2) is 4.98 Å². The first-order valence-corrected chi connectivity index (χ1v) is 9.79. The Labute approximate surface area is 171 Å². The van der Waals surface area contributed by atoms with Crippen LogP contribution in [0.1, 0.15) is 32.6 Å². The third-order valence-corrected chi connectivity index (χ3v) is 5.28. The van der Waals surface area contributed by atoms with Crippen LogP contribution in [-0.2, 0) is 0 Å². The predicted octanol–water partition coefficient (Wildman–Crippen LogP) is 6.39. The van der Waals surface area contributed by atoms with E-state index in [1.54, 1.807) is 0 Å². The molecule has 0 atom stereocenters. The second-order valence-corrected chi connectivity index (χ2v) is 7.62. The summed E-state index contributed by atoms with van der Waals surface area (Å²) in [5, 5.41) is 4.02. The van der Waals surface area contributed by atoms with Crippen molar-refractivity contribution >= 4 is 22.5 Å². The standard InChI is InChI=1S/C26H24N2O/c1-16-13-19(4)25-21(14-16)22(15-23(27-25)20-11-6-5-7-12-20)26(29)28-24-17(2)9-8-10-18(24)3/h5-15H,1-4H3,(H,28,29). The third kappa shape index (κ3) is 3.64. The van der Waals surface area contributed by atoms with Crippen molar-refractivity contribution in [3.8, 4) is 11.3 Å². The van der Waals surface area contributed by atoms with Gasteiger partial charge < -0.3 is 5.32 Å². The molecule has 3 nitrogen and oxygen atoms in total. The van der Waals surface area contributed by atoms with E-state index in [9.17, 15) is 4.79 Å². The molecule has 0 aliphatic carbocycles. The summed E-state index contributed by atoms with van der Waals surface area (Å²) in [6.07, 6.45) is 0. The summed E-state index contributed by atoms with van der Waals surface area (Å²) in [7, 11) is 0. The van der Waals surface area contributed by atoms with Crippen LogP contribution >= 0.6 is 0 Å². The van der Waals surface area contributed by atoms with Gasteiger partial charge in [0.05, 0.1) is 16.8 Å². The summed E-state index contributed by atoms with van der Waals surface area (Å²) < 4.78 is 0. The van der Waals surface area contributed by atoms with E-state index in [1.165, 1.54) is 0 Å². The van der Waals surface area contributed by atoms with Crippen molar-refractivity contribution < 1.29 is 4.79 Å². The van der Waals surface area contributed by atoms with Crippen LogP contribution in [0.15, 0.2) is 66.7 Å². The average Bonchev–Trinajstić information content (AvgIpc) is 2.70. The number of anilines is 1. The van der Waals surface area contributed by atoms with Crippen molar-refractivity contribution in [1.29, 1.82) is 0 Å². The Bertz CT molecular complexity index is 1210. The summed E-state index contributed by atoms with van der Waals surface area (Å²) in [6.45, 7) is 8.11. The summed E-state index contributed by atoms with van der Waals surface area (Å²) in [6, 6.07) is 22.1. The average molecular weight is 380 g/mol. The Balaban J connectivity index is 1.91. The molecular weight excluding hydrogens is 356 g/mol. The highest BCUT2D eigenvalue weighted by molar-refractivity contribution is 6.14. The fraction of sp³-hybridized carbons (Fsp3) is 0.154. The smallest absolute Gasteiger partial charge is 0.256 e. The SMILES string of the molecule is Cc1cc(C)c2nc(-c3ccccc3)cc(C(=O)Nc3c(C)cccc3C)c2c1. The molecule has 1 heterocycles. The van der Waals surface area contributed by atoms with E-state index in [1.807, 2.05) is 88.4 Å². The molecule has 0 aliphatic rings.